The van der Waals surface area contributed by atoms with Crippen molar-refractivity contribution in [2.75, 3.05) is 31.9 Å². The number of likely N-dealkylation sites (tertiary alicyclic amines) is 1. The second kappa shape index (κ2) is 8.71. The third kappa shape index (κ3) is 5.53. The van der Waals surface area contributed by atoms with Gasteiger partial charge in [-0.15, -0.1) is 0 Å². The van der Waals surface area contributed by atoms with Gasteiger partial charge >= 0.3 is 0 Å². The molecule has 0 aliphatic carbocycles. The van der Waals surface area contributed by atoms with Gasteiger partial charge in [0.2, 0.25) is 15.9 Å². The van der Waals surface area contributed by atoms with E-state index in [1.165, 1.54) is 16.3 Å². The zero-order valence-corrected chi connectivity index (χ0v) is 17.2. The number of rotatable bonds is 6. The lowest BCUT2D eigenvalue weighted by atomic mass is 9.91. The van der Waals surface area contributed by atoms with Gasteiger partial charge in [0, 0.05) is 32.7 Å². The fourth-order valence-corrected chi connectivity index (χ4v) is 5.80. The molecule has 7 heteroatoms. The molecule has 1 N–H and O–H groups in total. The first-order chi connectivity index (χ1) is 12.8. The summed E-state index contributed by atoms with van der Waals surface area (Å²) in [7, 11) is -3.24. The Morgan fingerprint density at radius 2 is 1.81 bits per heavy atom. The van der Waals surface area contributed by atoms with Gasteiger partial charge in [0.05, 0.1) is 12.3 Å². The minimum absolute atomic E-state index is 0.0777. The summed E-state index contributed by atoms with van der Waals surface area (Å²) in [6, 6.07) is 8.18. The molecule has 2 aliphatic heterocycles. The SMILES string of the molecule is CC1CC(C)CN(Cc2ccccc2CNC(=O)CN2CCCS2(=O)=O)C1. The Kier molecular flexibility index (Phi) is 6.55. The number of amides is 1. The van der Waals surface area contributed by atoms with E-state index in [0.717, 1.165) is 25.2 Å². The minimum atomic E-state index is -3.24. The van der Waals surface area contributed by atoms with Crippen LogP contribution in [-0.2, 0) is 27.9 Å². The summed E-state index contributed by atoms with van der Waals surface area (Å²) in [4.78, 5) is 14.7. The molecule has 1 aromatic carbocycles. The van der Waals surface area contributed by atoms with Crippen molar-refractivity contribution in [1.29, 1.82) is 0 Å². The molecule has 2 aliphatic rings. The number of sulfonamides is 1. The van der Waals surface area contributed by atoms with Crippen molar-refractivity contribution < 1.29 is 13.2 Å². The predicted molar refractivity (Wildman–Crippen MR) is 106 cm³/mol. The molecule has 0 aromatic heterocycles. The Hall–Kier alpha value is -1.44. The van der Waals surface area contributed by atoms with Gasteiger partial charge in [0.15, 0.2) is 0 Å². The molecule has 2 fully saturated rings. The van der Waals surface area contributed by atoms with Crippen molar-refractivity contribution in [3.8, 4) is 0 Å². The van der Waals surface area contributed by atoms with Crippen LogP contribution in [0.25, 0.3) is 0 Å². The van der Waals surface area contributed by atoms with E-state index >= 15 is 0 Å². The van der Waals surface area contributed by atoms with Gasteiger partial charge in [-0.1, -0.05) is 38.1 Å². The highest BCUT2D eigenvalue weighted by molar-refractivity contribution is 7.89. The first kappa shape index (κ1) is 20.3. The summed E-state index contributed by atoms with van der Waals surface area (Å²) in [6.45, 7) is 8.52. The Morgan fingerprint density at radius 3 is 2.44 bits per heavy atom. The van der Waals surface area contributed by atoms with Gasteiger partial charge in [0.25, 0.3) is 0 Å². The molecule has 2 heterocycles. The van der Waals surface area contributed by atoms with E-state index in [1.54, 1.807) is 0 Å². The fourth-order valence-electron chi connectivity index (χ4n) is 4.33. The number of piperidine rings is 1. The summed E-state index contributed by atoms with van der Waals surface area (Å²) in [6.07, 6.45) is 1.89. The molecule has 0 bridgehead atoms. The zero-order chi connectivity index (χ0) is 19.4. The lowest BCUT2D eigenvalue weighted by Crippen LogP contribution is -2.39. The Bertz CT molecular complexity index is 755. The van der Waals surface area contributed by atoms with E-state index in [4.69, 9.17) is 0 Å². The Labute approximate surface area is 163 Å². The monoisotopic (exact) mass is 393 g/mol. The van der Waals surface area contributed by atoms with Gasteiger partial charge in [0.1, 0.15) is 0 Å². The first-order valence-corrected chi connectivity index (χ1v) is 11.5. The highest BCUT2D eigenvalue weighted by Crippen LogP contribution is 2.23. The molecule has 2 atom stereocenters. The summed E-state index contributed by atoms with van der Waals surface area (Å²) in [5.41, 5.74) is 2.33. The molecular weight excluding hydrogens is 362 g/mol. The first-order valence-electron chi connectivity index (χ1n) is 9.87. The van der Waals surface area contributed by atoms with Crippen LogP contribution < -0.4 is 5.32 Å². The van der Waals surface area contributed by atoms with Crippen molar-refractivity contribution in [3.05, 3.63) is 35.4 Å². The number of carbonyl (C=O) groups excluding carboxylic acids is 1. The van der Waals surface area contributed by atoms with Crippen molar-refractivity contribution in [2.24, 2.45) is 11.8 Å². The smallest absolute Gasteiger partial charge is 0.235 e. The van der Waals surface area contributed by atoms with Crippen molar-refractivity contribution in [2.45, 2.75) is 39.8 Å². The molecule has 150 valence electrons. The molecule has 2 unspecified atom stereocenters. The van der Waals surface area contributed by atoms with Crippen molar-refractivity contribution in [3.63, 3.8) is 0 Å². The standard InChI is InChI=1S/C20H31N3O3S/c1-16-10-17(2)13-22(12-16)14-19-7-4-3-6-18(19)11-21-20(24)15-23-8-5-9-27(23,25)26/h3-4,6-7,16-17H,5,8-15H2,1-2H3,(H,21,24). The number of nitrogens with zero attached hydrogens (tertiary/aromatic N) is 2. The predicted octanol–water partition coefficient (Wildman–Crippen LogP) is 1.82. The van der Waals surface area contributed by atoms with E-state index < -0.39 is 10.0 Å². The molecule has 0 spiro atoms. The fraction of sp³-hybridized carbons (Fsp3) is 0.650. The third-order valence-electron chi connectivity index (χ3n) is 5.46. The second-order valence-corrected chi connectivity index (χ2v) is 10.3. The van der Waals surface area contributed by atoms with Gasteiger partial charge in [-0.3, -0.25) is 9.69 Å². The number of hydrogen-bond donors (Lipinski definition) is 1. The van der Waals surface area contributed by atoms with Gasteiger partial charge in [-0.25, -0.2) is 8.42 Å². The molecule has 2 saturated heterocycles. The van der Waals surface area contributed by atoms with Crippen LogP contribution in [0.5, 0.6) is 0 Å². The summed E-state index contributed by atoms with van der Waals surface area (Å²) >= 11 is 0. The lowest BCUT2D eigenvalue weighted by Gasteiger charge is -2.35. The highest BCUT2D eigenvalue weighted by Gasteiger charge is 2.29. The molecule has 3 rings (SSSR count). The van der Waals surface area contributed by atoms with Crippen LogP contribution in [0.4, 0.5) is 0 Å². The third-order valence-corrected chi connectivity index (χ3v) is 7.36. The summed E-state index contributed by atoms with van der Waals surface area (Å²) in [5, 5.41) is 2.90. The van der Waals surface area contributed by atoms with Crippen molar-refractivity contribution in [1.82, 2.24) is 14.5 Å². The number of nitrogens with one attached hydrogen (secondary N) is 1. The average Bonchev–Trinajstić information content (AvgIpc) is 2.91. The Balaban J connectivity index is 1.57. The quantitative estimate of drug-likeness (QED) is 0.800. The van der Waals surface area contributed by atoms with E-state index in [2.05, 4.69) is 30.1 Å². The Morgan fingerprint density at radius 1 is 1.15 bits per heavy atom. The maximum absolute atomic E-state index is 12.2. The van der Waals surface area contributed by atoms with Crippen LogP contribution in [0.15, 0.2) is 24.3 Å². The van der Waals surface area contributed by atoms with E-state index in [0.29, 0.717) is 31.3 Å². The van der Waals surface area contributed by atoms with Gasteiger partial charge in [-0.2, -0.15) is 4.31 Å². The van der Waals surface area contributed by atoms with Crippen LogP contribution in [0.1, 0.15) is 37.8 Å². The van der Waals surface area contributed by atoms with E-state index in [-0.39, 0.29) is 18.2 Å². The van der Waals surface area contributed by atoms with Crippen LogP contribution in [-0.4, -0.2) is 55.5 Å². The van der Waals surface area contributed by atoms with Crippen LogP contribution in [0.2, 0.25) is 0 Å². The molecule has 1 aromatic rings. The highest BCUT2D eigenvalue weighted by atomic mass is 32.2. The molecule has 6 nitrogen and oxygen atoms in total. The summed E-state index contributed by atoms with van der Waals surface area (Å²) in [5.74, 6) is 1.33. The van der Waals surface area contributed by atoms with Crippen molar-refractivity contribution >= 4 is 15.9 Å². The molecule has 0 radical (unpaired) electrons. The van der Waals surface area contributed by atoms with Gasteiger partial charge in [-0.05, 0) is 35.8 Å². The number of hydrogen-bond acceptors (Lipinski definition) is 4. The second-order valence-electron chi connectivity index (χ2n) is 8.19. The van der Waals surface area contributed by atoms with E-state index in [9.17, 15) is 13.2 Å². The maximum atomic E-state index is 12.2. The van der Waals surface area contributed by atoms with Gasteiger partial charge < -0.3 is 5.32 Å². The molecule has 0 saturated carbocycles. The number of carbonyl (C=O) groups is 1. The van der Waals surface area contributed by atoms with Crippen LogP contribution >= 0.6 is 0 Å². The normalized spacial score (nSPS) is 26.1. The maximum Gasteiger partial charge on any atom is 0.235 e. The largest absolute Gasteiger partial charge is 0.351 e. The topological polar surface area (TPSA) is 69.7 Å². The molecule has 1 amide bonds. The van der Waals surface area contributed by atoms with Crippen LogP contribution in [0.3, 0.4) is 0 Å². The molecular formula is C20H31N3O3S. The zero-order valence-electron chi connectivity index (χ0n) is 16.4. The lowest BCUT2D eigenvalue weighted by molar-refractivity contribution is -0.121. The minimum Gasteiger partial charge on any atom is -0.351 e. The number of benzene rings is 1. The average molecular weight is 394 g/mol. The van der Waals surface area contributed by atoms with Crippen LogP contribution in [0, 0.1) is 11.8 Å². The van der Waals surface area contributed by atoms with E-state index in [1.807, 2.05) is 18.2 Å². The summed E-state index contributed by atoms with van der Waals surface area (Å²) < 4.78 is 25.0. The molecule has 27 heavy (non-hydrogen) atoms.